The average molecular weight is 659 g/mol. The molecule has 0 radical (unpaired) electrons. The van der Waals surface area contributed by atoms with E-state index in [9.17, 15) is 14.4 Å². The lowest BCUT2D eigenvalue weighted by molar-refractivity contribution is -0.140. The van der Waals surface area contributed by atoms with Crippen molar-refractivity contribution < 1.29 is 14.4 Å². The van der Waals surface area contributed by atoms with Crippen molar-refractivity contribution in [2.24, 2.45) is 17.6 Å². The van der Waals surface area contributed by atoms with E-state index in [1.807, 2.05) is 19.0 Å². The molecule has 0 spiro atoms. The number of amides is 1. The Balaban J connectivity index is 4.24. The number of carbonyl (C=O) groups excluding carboxylic acids is 3. The quantitative estimate of drug-likeness (QED) is 0.0413. The third-order valence-corrected chi connectivity index (χ3v) is 9.40. The first-order valence-corrected chi connectivity index (χ1v) is 20.1. The number of Topliss-reactive ketones (excluding diaryl/α,β-unsaturated/α-hetero) is 2. The van der Waals surface area contributed by atoms with Gasteiger partial charge in [-0.2, -0.15) is 0 Å². The van der Waals surface area contributed by atoms with Crippen LogP contribution in [-0.2, 0) is 14.4 Å². The first kappa shape index (κ1) is 45.2. The predicted octanol–water partition coefficient (Wildman–Crippen LogP) is 11.5. The molecule has 274 valence electrons. The first-order chi connectivity index (χ1) is 22.8. The Morgan fingerprint density at radius 1 is 0.489 bits per heavy atom. The van der Waals surface area contributed by atoms with Gasteiger partial charge in [0.25, 0.3) is 0 Å². The van der Waals surface area contributed by atoms with Gasteiger partial charge in [0.15, 0.2) is 0 Å². The second-order valence-electron chi connectivity index (χ2n) is 14.3. The summed E-state index contributed by atoms with van der Waals surface area (Å²) in [5, 5.41) is 0. The molecule has 2 N–H and O–H groups in total. The van der Waals surface area contributed by atoms with E-state index in [0.29, 0.717) is 19.4 Å². The van der Waals surface area contributed by atoms with Crippen LogP contribution in [0.4, 0.5) is 0 Å². The number of unbranched alkanes of at least 4 members (excludes halogenated alkanes) is 22. The lowest BCUT2D eigenvalue weighted by Gasteiger charge is -2.25. The number of carbonyl (C=O) groups is 3. The largest absolute Gasteiger partial charge is 0.369 e. The molecule has 0 rings (SSSR count). The van der Waals surface area contributed by atoms with Crippen LogP contribution in [0.2, 0.25) is 0 Å². The van der Waals surface area contributed by atoms with Gasteiger partial charge in [0.2, 0.25) is 5.91 Å². The first-order valence-electron chi connectivity index (χ1n) is 20.1. The smallest absolute Gasteiger partial charge is 0.228 e. The minimum Gasteiger partial charge on any atom is -0.369 e. The molecule has 2 atom stereocenters. The van der Waals surface area contributed by atoms with Crippen LogP contribution in [0.1, 0.15) is 194 Å². The zero-order valence-corrected chi connectivity index (χ0v) is 31.7. The Bertz CT molecular complexity index is 804. The zero-order chi connectivity index (χ0) is 34.8. The fourth-order valence-corrected chi connectivity index (χ4v) is 6.45. The molecule has 2 unspecified atom stereocenters. The summed E-state index contributed by atoms with van der Waals surface area (Å²) in [4.78, 5) is 40.8. The van der Waals surface area contributed by atoms with Crippen molar-refractivity contribution in [2.75, 3.05) is 20.6 Å². The van der Waals surface area contributed by atoms with E-state index in [0.717, 1.165) is 57.8 Å². The highest BCUT2D eigenvalue weighted by atomic mass is 16.2. The molecular formula is C42H78N2O3. The van der Waals surface area contributed by atoms with Crippen molar-refractivity contribution in [3.63, 3.8) is 0 Å². The van der Waals surface area contributed by atoms with Gasteiger partial charge < -0.3 is 10.6 Å². The molecule has 0 bridgehead atoms. The molecule has 0 fully saturated rings. The topological polar surface area (TPSA) is 80.5 Å². The summed E-state index contributed by atoms with van der Waals surface area (Å²) in [6.07, 6.45) is 41.4. The number of nitrogens with two attached hydrogens (primary N) is 1. The van der Waals surface area contributed by atoms with Gasteiger partial charge in [0, 0.05) is 25.3 Å². The zero-order valence-electron chi connectivity index (χ0n) is 31.7. The van der Waals surface area contributed by atoms with Crippen LogP contribution < -0.4 is 5.73 Å². The van der Waals surface area contributed by atoms with Crippen LogP contribution in [0, 0.1) is 11.8 Å². The number of hydrogen-bond acceptors (Lipinski definition) is 4. The molecule has 0 aliphatic heterocycles. The molecule has 0 heterocycles. The summed E-state index contributed by atoms with van der Waals surface area (Å²) in [5.41, 5.74) is 5.75. The molecular weight excluding hydrogens is 580 g/mol. The van der Waals surface area contributed by atoms with Crippen LogP contribution in [0.15, 0.2) is 24.3 Å². The van der Waals surface area contributed by atoms with Crippen molar-refractivity contribution in [3.8, 4) is 0 Å². The average Bonchev–Trinajstić information content (AvgIpc) is 3.04. The second kappa shape index (κ2) is 34.1. The molecule has 47 heavy (non-hydrogen) atoms. The monoisotopic (exact) mass is 659 g/mol. The normalized spacial score (nSPS) is 13.2. The van der Waals surface area contributed by atoms with Gasteiger partial charge in [-0.25, -0.2) is 0 Å². The molecule has 0 aliphatic rings. The second-order valence-corrected chi connectivity index (χ2v) is 14.3. The van der Waals surface area contributed by atoms with Crippen LogP contribution in [0.5, 0.6) is 0 Å². The Morgan fingerprint density at radius 3 is 1.15 bits per heavy atom. The Morgan fingerprint density at radius 2 is 0.809 bits per heavy atom. The van der Waals surface area contributed by atoms with Gasteiger partial charge in [-0.1, -0.05) is 141 Å². The maximum Gasteiger partial charge on any atom is 0.228 e. The summed E-state index contributed by atoms with van der Waals surface area (Å²) in [7, 11) is 3.77. The van der Waals surface area contributed by atoms with E-state index < -0.39 is 17.7 Å². The number of rotatable bonds is 36. The molecule has 0 aromatic heterocycles. The van der Waals surface area contributed by atoms with E-state index in [1.165, 1.54) is 109 Å². The van der Waals surface area contributed by atoms with Crippen molar-refractivity contribution in [2.45, 2.75) is 194 Å². The van der Waals surface area contributed by atoms with Crippen LogP contribution in [-0.4, -0.2) is 43.0 Å². The van der Waals surface area contributed by atoms with E-state index in [2.05, 4.69) is 38.2 Å². The van der Waals surface area contributed by atoms with Gasteiger partial charge in [0.05, 0.1) is 0 Å². The van der Waals surface area contributed by atoms with Crippen molar-refractivity contribution in [1.29, 1.82) is 0 Å². The van der Waals surface area contributed by atoms with Crippen molar-refractivity contribution >= 4 is 17.5 Å². The van der Waals surface area contributed by atoms with Gasteiger partial charge in [-0.3, -0.25) is 14.4 Å². The Kier molecular flexibility index (Phi) is 32.9. The fraction of sp³-hybridized carbons (Fsp3) is 0.833. The van der Waals surface area contributed by atoms with E-state index in [1.54, 1.807) is 0 Å². The molecule has 5 heteroatoms. The lowest BCUT2D eigenvalue weighted by atomic mass is 9.81. The van der Waals surface area contributed by atoms with Crippen molar-refractivity contribution in [3.05, 3.63) is 24.3 Å². The van der Waals surface area contributed by atoms with E-state index >= 15 is 0 Å². The highest BCUT2D eigenvalue weighted by molar-refractivity contribution is 6.05. The van der Waals surface area contributed by atoms with Crippen LogP contribution >= 0.6 is 0 Å². The summed E-state index contributed by atoms with van der Waals surface area (Å²) < 4.78 is 0. The SMILES string of the molecule is CCCCCCCC/C=C\CCCCCCCC(=O)C(CN(C)C)C(C(N)=O)C(=O)CCCCCCC/C=C\CCCCCCCC. The number of primary amides is 1. The molecule has 0 saturated heterocycles. The molecule has 5 nitrogen and oxygen atoms in total. The third kappa shape index (κ3) is 28.9. The lowest BCUT2D eigenvalue weighted by Crippen LogP contribution is -2.44. The Hall–Kier alpha value is -1.75. The van der Waals surface area contributed by atoms with Crippen molar-refractivity contribution in [1.82, 2.24) is 4.90 Å². The maximum absolute atomic E-state index is 13.3. The number of ketones is 2. The maximum atomic E-state index is 13.3. The molecule has 0 saturated carbocycles. The van der Waals surface area contributed by atoms with Gasteiger partial charge in [-0.05, 0) is 78.3 Å². The van der Waals surface area contributed by atoms with Crippen LogP contribution in [0.25, 0.3) is 0 Å². The van der Waals surface area contributed by atoms with E-state index in [-0.39, 0.29) is 11.6 Å². The number of nitrogens with zero attached hydrogens (tertiary/aromatic N) is 1. The van der Waals surface area contributed by atoms with Gasteiger partial charge in [0.1, 0.15) is 17.5 Å². The Labute approximate surface area is 292 Å². The summed E-state index contributed by atoms with van der Waals surface area (Å²) in [6.45, 7) is 4.90. The standard InChI is InChI=1S/C42H78N2O3/c1-5-7-9-11-13-15-17-19-21-23-25-27-29-31-33-35-39(45)38(37-44(3)4)41(42(43)47)40(46)36-34-32-30-28-26-24-22-20-18-16-14-12-10-8-6-2/h19-22,38,41H,5-18,23-37H2,1-4H3,(H2,43,47)/b21-19-,22-20-. The van der Waals surface area contributed by atoms with Gasteiger partial charge >= 0.3 is 0 Å². The predicted molar refractivity (Wildman–Crippen MR) is 204 cm³/mol. The number of hydrogen-bond donors (Lipinski definition) is 1. The van der Waals surface area contributed by atoms with Crippen LogP contribution in [0.3, 0.4) is 0 Å². The minimum absolute atomic E-state index is 0.0121. The molecule has 0 aliphatic carbocycles. The third-order valence-electron chi connectivity index (χ3n) is 9.40. The number of allylic oxidation sites excluding steroid dienone is 4. The molecule has 0 aromatic rings. The highest BCUT2D eigenvalue weighted by Crippen LogP contribution is 2.22. The van der Waals surface area contributed by atoms with E-state index in [4.69, 9.17) is 5.73 Å². The summed E-state index contributed by atoms with van der Waals surface area (Å²) in [5.74, 6) is -2.44. The molecule has 0 aromatic carbocycles. The fourth-order valence-electron chi connectivity index (χ4n) is 6.45. The molecule has 1 amide bonds. The van der Waals surface area contributed by atoms with Gasteiger partial charge in [-0.15, -0.1) is 0 Å². The summed E-state index contributed by atoms with van der Waals surface area (Å²) >= 11 is 0. The highest BCUT2D eigenvalue weighted by Gasteiger charge is 2.37. The summed E-state index contributed by atoms with van der Waals surface area (Å²) in [6, 6.07) is 0. The minimum atomic E-state index is -1.01.